The zero-order chi connectivity index (χ0) is 10.3. The molecule has 0 amide bonds. The predicted octanol–water partition coefficient (Wildman–Crippen LogP) is 2.00. The molecule has 0 radical (unpaired) electrons. The molecular formula is C7H6BrFN2O2S. The summed E-state index contributed by atoms with van der Waals surface area (Å²) in [5.74, 6) is 0. The van der Waals surface area contributed by atoms with Crippen molar-refractivity contribution in [2.45, 2.75) is 6.67 Å². The van der Waals surface area contributed by atoms with Gasteiger partial charge >= 0.3 is 10.2 Å². The molecular weight excluding hydrogens is 275 g/mol. The van der Waals surface area contributed by atoms with E-state index >= 15 is 0 Å². The van der Waals surface area contributed by atoms with Gasteiger partial charge in [0, 0.05) is 4.47 Å². The minimum Gasteiger partial charge on any atom is -0.265 e. The molecule has 1 aromatic carbocycles. The second-order valence-electron chi connectivity index (χ2n) is 2.84. The van der Waals surface area contributed by atoms with Crippen molar-refractivity contribution in [2.24, 2.45) is 0 Å². The number of anilines is 2. The van der Waals surface area contributed by atoms with E-state index in [-0.39, 0.29) is 0 Å². The Morgan fingerprint density at radius 1 is 1.36 bits per heavy atom. The summed E-state index contributed by atoms with van der Waals surface area (Å²) in [6.45, 7) is -0.631. The van der Waals surface area contributed by atoms with E-state index < -0.39 is 16.9 Å². The highest BCUT2D eigenvalue weighted by Crippen LogP contribution is 2.37. The highest BCUT2D eigenvalue weighted by molar-refractivity contribution is 9.10. The summed E-state index contributed by atoms with van der Waals surface area (Å²) < 4.78 is 39.6. The first-order valence-corrected chi connectivity index (χ1v) is 5.98. The minimum atomic E-state index is -3.51. The zero-order valence-electron chi connectivity index (χ0n) is 6.84. The van der Waals surface area contributed by atoms with Gasteiger partial charge in [-0.05, 0) is 33.6 Å². The van der Waals surface area contributed by atoms with Crippen LogP contribution in [0.5, 0.6) is 0 Å². The maximum atomic E-state index is 12.3. The zero-order valence-corrected chi connectivity index (χ0v) is 9.24. The molecule has 76 valence electrons. The van der Waals surface area contributed by atoms with Gasteiger partial charge in [-0.25, -0.2) is 4.39 Å². The van der Waals surface area contributed by atoms with Crippen LogP contribution in [0.2, 0.25) is 0 Å². The summed E-state index contributed by atoms with van der Waals surface area (Å²) in [5, 5.41) is 0. The molecule has 1 aliphatic heterocycles. The first-order chi connectivity index (χ1) is 6.52. The van der Waals surface area contributed by atoms with Crippen LogP contribution in [-0.4, -0.2) is 8.42 Å². The molecule has 0 aliphatic carbocycles. The Balaban J connectivity index is 2.57. The summed E-state index contributed by atoms with van der Waals surface area (Å²) in [6.07, 6.45) is 0. The highest BCUT2D eigenvalue weighted by Gasteiger charge is 2.24. The average Bonchev–Trinajstić information content (AvgIpc) is 2.40. The van der Waals surface area contributed by atoms with Crippen LogP contribution in [0.25, 0.3) is 0 Å². The molecule has 2 rings (SSSR count). The maximum Gasteiger partial charge on any atom is 0.321 e. The third-order valence-electron chi connectivity index (χ3n) is 1.79. The van der Waals surface area contributed by atoms with E-state index in [0.717, 1.165) is 0 Å². The molecule has 1 aromatic rings. The number of hydrogen-bond acceptors (Lipinski definition) is 2. The van der Waals surface area contributed by atoms with Crippen LogP contribution in [0.15, 0.2) is 16.6 Å². The van der Waals surface area contributed by atoms with Gasteiger partial charge in [0.1, 0.15) is 6.67 Å². The van der Waals surface area contributed by atoms with Gasteiger partial charge in [-0.1, -0.05) is 0 Å². The lowest BCUT2D eigenvalue weighted by atomic mass is 10.2. The van der Waals surface area contributed by atoms with E-state index in [9.17, 15) is 12.8 Å². The maximum absolute atomic E-state index is 12.3. The van der Waals surface area contributed by atoms with E-state index in [2.05, 4.69) is 25.4 Å². The van der Waals surface area contributed by atoms with E-state index in [1.165, 1.54) is 12.1 Å². The summed E-state index contributed by atoms with van der Waals surface area (Å²) in [6, 6.07) is 2.99. The van der Waals surface area contributed by atoms with Gasteiger partial charge < -0.3 is 0 Å². The van der Waals surface area contributed by atoms with Gasteiger partial charge in [-0.2, -0.15) is 8.42 Å². The van der Waals surface area contributed by atoms with Gasteiger partial charge in [-0.3, -0.25) is 9.44 Å². The van der Waals surface area contributed by atoms with Crippen molar-refractivity contribution in [3.05, 3.63) is 22.2 Å². The minimum absolute atomic E-state index is 0.368. The lowest BCUT2D eigenvalue weighted by molar-refractivity contribution is 0.485. The Morgan fingerprint density at radius 3 is 2.71 bits per heavy atom. The molecule has 0 saturated heterocycles. The van der Waals surface area contributed by atoms with Crippen molar-refractivity contribution in [2.75, 3.05) is 9.44 Å². The first kappa shape index (κ1) is 9.72. The van der Waals surface area contributed by atoms with Gasteiger partial charge in [0.05, 0.1) is 11.4 Å². The van der Waals surface area contributed by atoms with Crippen LogP contribution in [0, 0.1) is 0 Å². The second-order valence-corrected chi connectivity index (χ2v) is 5.11. The quantitative estimate of drug-likeness (QED) is 0.827. The monoisotopic (exact) mass is 280 g/mol. The van der Waals surface area contributed by atoms with Gasteiger partial charge in [0.15, 0.2) is 0 Å². The van der Waals surface area contributed by atoms with E-state index in [4.69, 9.17) is 0 Å². The largest absolute Gasteiger partial charge is 0.321 e. The van der Waals surface area contributed by atoms with Crippen molar-refractivity contribution in [3.63, 3.8) is 0 Å². The fourth-order valence-electron chi connectivity index (χ4n) is 1.23. The predicted molar refractivity (Wildman–Crippen MR) is 55.1 cm³/mol. The van der Waals surface area contributed by atoms with E-state index in [0.29, 0.717) is 21.4 Å². The van der Waals surface area contributed by atoms with Crippen LogP contribution < -0.4 is 9.44 Å². The fraction of sp³-hybridized carbons (Fsp3) is 0.143. The SMILES string of the molecule is O=S1(=O)Nc2cc(CF)cc(Br)c2N1. The number of alkyl halides is 1. The number of halogens is 2. The summed E-state index contributed by atoms with van der Waals surface area (Å²) in [5.41, 5.74) is 1.20. The lowest BCUT2D eigenvalue weighted by Gasteiger charge is -2.01. The Hall–Kier alpha value is -0.820. The Labute approximate surface area is 88.8 Å². The molecule has 1 aliphatic rings. The average molecular weight is 281 g/mol. The van der Waals surface area contributed by atoms with Crippen molar-refractivity contribution in [1.82, 2.24) is 0 Å². The van der Waals surface area contributed by atoms with Crippen LogP contribution >= 0.6 is 15.9 Å². The molecule has 0 bridgehead atoms. The van der Waals surface area contributed by atoms with Crippen molar-refractivity contribution in [3.8, 4) is 0 Å². The molecule has 7 heteroatoms. The molecule has 2 N–H and O–H groups in total. The Morgan fingerprint density at radius 2 is 2.07 bits per heavy atom. The summed E-state index contributed by atoms with van der Waals surface area (Å²) >= 11 is 3.16. The molecule has 1 heterocycles. The normalized spacial score (nSPS) is 17.0. The molecule has 4 nitrogen and oxygen atoms in total. The molecule has 0 atom stereocenters. The van der Waals surface area contributed by atoms with Gasteiger partial charge in [0.2, 0.25) is 0 Å². The Bertz CT molecular complexity index is 489. The molecule has 14 heavy (non-hydrogen) atoms. The van der Waals surface area contributed by atoms with Gasteiger partial charge in [-0.15, -0.1) is 0 Å². The van der Waals surface area contributed by atoms with Crippen LogP contribution in [0.4, 0.5) is 15.8 Å². The van der Waals surface area contributed by atoms with Crippen molar-refractivity contribution >= 4 is 37.5 Å². The third kappa shape index (κ3) is 1.57. The number of fused-ring (bicyclic) bond motifs is 1. The van der Waals surface area contributed by atoms with Gasteiger partial charge in [0.25, 0.3) is 0 Å². The molecule has 0 unspecified atom stereocenters. The number of benzene rings is 1. The molecule has 0 spiro atoms. The number of hydrogen-bond donors (Lipinski definition) is 2. The number of nitrogens with one attached hydrogen (secondary N) is 2. The summed E-state index contributed by atoms with van der Waals surface area (Å²) in [7, 11) is -3.51. The van der Waals surface area contributed by atoms with E-state index in [1.807, 2.05) is 0 Å². The third-order valence-corrected chi connectivity index (χ3v) is 3.37. The van der Waals surface area contributed by atoms with Crippen molar-refractivity contribution in [1.29, 1.82) is 0 Å². The topological polar surface area (TPSA) is 58.2 Å². The van der Waals surface area contributed by atoms with Crippen LogP contribution in [0.1, 0.15) is 5.56 Å². The van der Waals surface area contributed by atoms with E-state index in [1.54, 1.807) is 0 Å². The van der Waals surface area contributed by atoms with Crippen molar-refractivity contribution < 1.29 is 12.8 Å². The number of rotatable bonds is 1. The summed E-state index contributed by atoms with van der Waals surface area (Å²) in [4.78, 5) is 0. The Kier molecular flexibility index (Phi) is 2.15. The first-order valence-electron chi connectivity index (χ1n) is 3.71. The lowest BCUT2D eigenvalue weighted by Crippen LogP contribution is -2.12. The highest BCUT2D eigenvalue weighted by atomic mass is 79.9. The fourth-order valence-corrected chi connectivity index (χ4v) is 2.96. The molecule has 0 fully saturated rings. The second kappa shape index (κ2) is 3.09. The smallest absolute Gasteiger partial charge is 0.265 e. The van der Waals surface area contributed by atoms with Crippen LogP contribution in [0.3, 0.4) is 0 Å². The van der Waals surface area contributed by atoms with Crippen LogP contribution in [-0.2, 0) is 16.9 Å². The molecule has 0 saturated carbocycles. The molecule has 0 aromatic heterocycles. The standard InChI is InChI=1S/C7H6BrFN2O2S/c8-5-1-4(3-9)2-6-7(5)11-14(12,13)10-6/h1-2,10-11H,3H2.